The first-order chi connectivity index (χ1) is 19.3. The molecule has 2 aromatic carbocycles. The van der Waals surface area contributed by atoms with Crippen molar-refractivity contribution in [3.05, 3.63) is 106 Å². The fourth-order valence-electron chi connectivity index (χ4n) is 5.89. The predicted molar refractivity (Wildman–Crippen MR) is 159 cm³/mol. The quantitative estimate of drug-likeness (QED) is 0.278. The Balaban J connectivity index is 1.58. The molecule has 40 heavy (non-hydrogen) atoms. The molecular formula is C34H36N4O2. The molecule has 0 bridgehead atoms. The van der Waals surface area contributed by atoms with Gasteiger partial charge >= 0.3 is 0 Å². The zero-order valence-corrected chi connectivity index (χ0v) is 23.6. The number of nitrogens with one attached hydrogen (secondary N) is 1. The first-order valence-corrected chi connectivity index (χ1v) is 13.9. The van der Waals surface area contributed by atoms with Crippen molar-refractivity contribution in [2.75, 3.05) is 6.61 Å². The molecule has 1 aliphatic heterocycles. The van der Waals surface area contributed by atoms with E-state index in [1.54, 1.807) is 12.2 Å². The lowest BCUT2D eigenvalue weighted by Crippen LogP contribution is -2.45. The Hall–Kier alpha value is -4.21. The summed E-state index contributed by atoms with van der Waals surface area (Å²) in [5, 5.41) is 14.3. The van der Waals surface area contributed by atoms with Crippen molar-refractivity contribution < 1.29 is 9.53 Å². The molecule has 0 aliphatic carbocycles. The maximum Gasteiger partial charge on any atom is 0.244 e. The average molecular weight is 533 g/mol. The van der Waals surface area contributed by atoms with Crippen LogP contribution in [0.1, 0.15) is 66.2 Å². The van der Waals surface area contributed by atoms with Crippen LogP contribution in [0.25, 0.3) is 17.1 Å². The van der Waals surface area contributed by atoms with Gasteiger partial charge in [-0.05, 0) is 69.4 Å². The molecule has 1 aliphatic rings. The molecule has 1 N–H and O–H groups in total. The number of hydrogen-bond acceptors (Lipinski definition) is 4. The van der Waals surface area contributed by atoms with Crippen molar-refractivity contribution in [3.63, 3.8) is 0 Å². The Morgan fingerprint density at radius 2 is 1.80 bits per heavy atom. The van der Waals surface area contributed by atoms with E-state index in [2.05, 4.69) is 64.5 Å². The zero-order valence-electron chi connectivity index (χ0n) is 23.6. The number of aryl methyl sites for hydroxylation is 2. The fourth-order valence-corrected chi connectivity index (χ4v) is 5.89. The summed E-state index contributed by atoms with van der Waals surface area (Å²) in [7, 11) is 0. The largest absolute Gasteiger partial charge is 0.375 e. The minimum atomic E-state index is -0.259. The summed E-state index contributed by atoms with van der Waals surface area (Å²) in [5.74, 6) is -0.149. The molecule has 1 saturated heterocycles. The van der Waals surface area contributed by atoms with Crippen molar-refractivity contribution in [1.29, 1.82) is 5.26 Å². The number of aromatic nitrogens is 2. The molecule has 1 fully saturated rings. The maximum atomic E-state index is 13.1. The number of benzene rings is 2. The first-order valence-electron chi connectivity index (χ1n) is 13.9. The molecule has 0 radical (unpaired) electrons. The molecule has 0 saturated carbocycles. The molecule has 1 unspecified atom stereocenters. The monoisotopic (exact) mass is 532 g/mol. The molecule has 1 amide bonds. The van der Waals surface area contributed by atoms with Crippen LogP contribution in [0.5, 0.6) is 0 Å². The number of carbonyl (C=O) groups excluding carboxylic acids is 1. The van der Waals surface area contributed by atoms with E-state index >= 15 is 0 Å². The summed E-state index contributed by atoms with van der Waals surface area (Å²) in [6.45, 7) is 9.27. The highest BCUT2D eigenvalue weighted by atomic mass is 16.5. The lowest BCUT2D eigenvalue weighted by atomic mass is 9.91. The van der Waals surface area contributed by atoms with Crippen LogP contribution in [-0.4, -0.2) is 33.7 Å². The Morgan fingerprint density at radius 3 is 2.40 bits per heavy atom. The van der Waals surface area contributed by atoms with Gasteiger partial charge in [-0.1, -0.05) is 60.7 Å². The summed E-state index contributed by atoms with van der Waals surface area (Å²) in [6.07, 6.45) is 4.87. The standard InChI is InChI=1S/C34H36N4O2/c1-23-19-24(2)36-33-32(23)28(21-35)30(15-16-31(39)37-27-17-18-40-34(3,4)20-27)38(33)22-29(25-11-7-5-8-12-25)26-13-9-6-10-14-26/h5-16,19,27,29H,17-18,20,22H2,1-4H3,(H,37,39). The van der Waals surface area contributed by atoms with Crippen molar-refractivity contribution in [3.8, 4) is 6.07 Å². The minimum absolute atomic E-state index is 0.0256. The molecule has 4 aromatic rings. The lowest BCUT2D eigenvalue weighted by Gasteiger charge is -2.35. The third-order valence-corrected chi connectivity index (χ3v) is 7.70. The van der Waals surface area contributed by atoms with E-state index in [1.165, 1.54) is 11.1 Å². The molecule has 6 heteroatoms. The number of fused-ring (bicyclic) bond motifs is 1. The topological polar surface area (TPSA) is 79.9 Å². The van der Waals surface area contributed by atoms with Gasteiger partial charge in [0.2, 0.25) is 5.91 Å². The van der Waals surface area contributed by atoms with E-state index in [4.69, 9.17) is 9.72 Å². The van der Waals surface area contributed by atoms with Crippen LogP contribution < -0.4 is 5.32 Å². The third-order valence-electron chi connectivity index (χ3n) is 7.70. The number of amides is 1. The number of hydrogen-bond donors (Lipinski definition) is 1. The summed E-state index contributed by atoms with van der Waals surface area (Å²) >= 11 is 0. The highest BCUT2D eigenvalue weighted by molar-refractivity contribution is 5.96. The number of nitriles is 1. The molecular weight excluding hydrogens is 496 g/mol. The second kappa shape index (κ2) is 11.5. The number of nitrogens with zero attached hydrogens (tertiary/aromatic N) is 3. The van der Waals surface area contributed by atoms with E-state index in [0.717, 1.165) is 35.1 Å². The van der Waals surface area contributed by atoms with Gasteiger partial charge in [0.15, 0.2) is 0 Å². The van der Waals surface area contributed by atoms with Crippen LogP contribution in [0.2, 0.25) is 0 Å². The van der Waals surface area contributed by atoms with Crippen LogP contribution in [0, 0.1) is 25.2 Å². The van der Waals surface area contributed by atoms with Crippen molar-refractivity contribution in [1.82, 2.24) is 14.9 Å². The summed E-state index contributed by atoms with van der Waals surface area (Å²) in [6, 6.07) is 25.3. The van der Waals surface area contributed by atoms with Gasteiger partial charge in [0, 0.05) is 42.3 Å². The van der Waals surface area contributed by atoms with Gasteiger partial charge in [0.1, 0.15) is 11.7 Å². The van der Waals surface area contributed by atoms with Gasteiger partial charge in [-0.25, -0.2) is 4.98 Å². The number of pyridine rings is 1. The predicted octanol–water partition coefficient (Wildman–Crippen LogP) is 6.44. The molecule has 1 atom stereocenters. The van der Waals surface area contributed by atoms with Crippen molar-refractivity contribution >= 4 is 23.0 Å². The Kier molecular flexibility index (Phi) is 7.86. The second-order valence-electron chi connectivity index (χ2n) is 11.3. The number of rotatable bonds is 7. The van der Waals surface area contributed by atoms with Gasteiger partial charge in [-0.15, -0.1) is 0 Å². The van der Waals surface area contributed by atoms with Crippen LogP contribution in [0.3, 0.4) is 0 Å². The Bertz CT molecular complexity index is 1540. The van der Waals surface area contributed by atoms with Crippen molar-refractivity contribution in [2.24, 2.45) is 0 Å². The van der Waals surface area contributed by atoms with E-state index in [0.29, 0.717) is 24.4 Å². The molecule has 6 nitrogen and oxygen atoms in total. The molecule has 0 spiro atoms. The van der Waals surface area contributed by atoms with E-state index < -0.39 is 0 Å². The molecule has 204 valence electrons. The van der Waals surface area contributed by atoms with E-state index in [-0.39, 0.29) is 23.5 Å². The normalized spacial score (nSPS) is 16.9. The fraction of sp³-hybridized carbons (Fsp3) is 0.324. The molecule has 3 heterocycles. The maximum absolute atomic E-state index is 13.1. The van der Waals surface area contributed by atoms with Gasteiger partial charge in [-0.2, -0.15) is 5.26 Å². The summed E-state index contributed by atoms with van der Waals surface area (Å²) in [4.78, 5) is 18.0. The highest BCUT2D eigenvalue weighted by Gasteiger charge is 2.29. The van der Waals surface area contributed by atoms with Crippen LogP contribution >= 0.6 is 0 Å². The summed E-state index contributed by atoms with van der Waals surface area (Å²) in [5.41, 5.74) is 5.97. The number of ether oxygens (including phenoxy) is 1. The minimum Gasteiger partial charge on any atom is -0.375 e. The van der Waals surface area contributed by atoms with Gasteiger partial charge in [0.25, 0.3) is 0 Å². The van der Waals surface area contributed by atoms with Gasteiger partial charge < -0.3 is 14.6 Å². The van der Waals surface area contributed by atoms with Crippen LogP contribution in [0.15, 0.2) is 72.8 Å². The van der Waals surface area contributed by atoms with E-state index in [9.17, 15) is 10.1 Å². The lowest BCUT2D eigenvalue weighted by molar-refractivity contribution is -0.119. The zero-order chi connectivity index (χ0) is 28.3. The average Bonchev–Trinajstić information content (AvgIpc) is 3.23. The SMILES string of the molecule is Cc1cc(C)c2c(C#N)c(C=CC(=O)NC3CCOC(C)(C)C3)n(CC(c3ccccc3)c3ccccc3)c2n1. The number of carbonyl (C=O) groups is 1. The van der Waals surface area contributed by atoms with E-state index in [1.807, 2.05) is 45.9 Å². The van der Waals surface area contributed by atoms with Crippen LogP contribution in [0.4, 0.5) is 0 Å². The Labute approximate surface area is 236 Å². The van der Waals surface area contributed by atoms with Crippen molar-refractivity contribution in [2.45, 2.75) is 64.6 Å². The highest BCUT2D eigenvalue weighted by Crippen LogP contribution is 2.34. The first kappa shape index (κ1) is 27.4. The third kappa shape index (κ3) is 5.85. The smallest absolute Gasteiger partial charge is 0.244 e. The van der Waals surface area contributed by atoms with Gasteiger partial charge in [0.05, 0.1) is 16.9 Å². The molecule has 5 rings (SSSR count). The van der Waals surface area contributed by atoms with Gasteiger partial charge in [-0.3, -0.25) is 4.79 Å². The summed E-state index contributed by atoms with van der Waals surface area (Å²) < 4.78 is 7.91. The second-order valence-corrected chi connectivity index (χ2v) is 11.3. The van der Waals surface area contributed by atoms with Crippen LogP contribution in [-0.2, 0) is 16.1 Å². The molecule has 2 aromatic heterocycles. The Morgan fingerprint density at radius 1 is 1.15 bits per heavy atom.